The molecular formula is C17H18N4O2. The lowest BCUT2D eigenvalue weighted by Crippen LogP contribution is -2.05. The minimum Gasteiger partial charge on any atom is -0.494 e. The predicted molar refractivity (Wildman–Crippen MR) is 87.2 cm³/mol. The lowest BCUT2D eigenvalue weighted by molar-refractivity contribution is 0.391. The quantitative estimate of drug-likeness (QED) is 0.741. The van der Waals surface area contributed by atoms with E-state index in [1.165, 1.54) is 0 Å². The fourth-order valence-corrected chi connectivity index (χ4v) is 2.55. The van der Waals surface area contributed by atoms with Gasteiger partial charge in [0.05, 0.1) is 14.2 Å². The molecular weight excluding hydrogens is 292 g/mol. The van der Waals surface area contributed by atoms with E-state index in [9.17, 15) is 0 Å². The standard InChI is InChI=1S/C17H18N4O2/c1-11-10-13(8-9-18-11)17-20-19-12(2)21(17)16-14(22-3)6-5-7-15(16)23-4/h5-10H,1-4H3. The second-order valence-corrected chi connectivity index (χ2v) is 5.10. The molecule has 0 aliphatic carbocycles. The van der Waals surface area contributed by atoms with E-state index in [2.05, 4.69) is 15.2 Å². The molecule has 0 saturated heterocycles. The summed E-state index contributed by atoms with van der Waals surface area (Å²) in [4.78, 5) is 4.24. The molecule has 0 aliphatic heterocycles. The number of aryl methyl sites for hydroxylation is 2. The summed E-state index contributed by atoms with van der Waals surface area (Å²) in [5.41, 5.74) is 2.64. The molecule has 0 atom stereocenters. The Balaban J connectivity index is 2.29. The molecule has 2 aromatic heterocycles. The van der Waals surface area contributed by atoms with Crippen LogP contribution in [0.5, 0.6) is 11.5 Å². The first-order valence-electron chi connectivity index (χ1n) is 7.22. The molecule has 6 heteroatoms. The third-order valence-corrected chi connectivity index (χ3v) is 3.61. The van der Waals surface area contributed by atoms with Crippen LogP contribution in [0, 0.1) is 13.8 Å². The van der Waals surface area contributed by atoms with Gasteiger partial charge in [-0.2, -0.15) is 0 Å². The molecule has 0 unspecified atom stereocenters. The van der Waals surface area contributed by atoms with Crippen molar-refractivity contribution in [3.8, 4) is 28.6 Å². The molecule has 23 heavy (non-hydrogen) atoms. The average Bonchev–Trinajstić information content (AvgIpc) is 2.95. The molecule has 0 amide bonds. The summed E-state index contributed by atoms with van der Waals surface area (Å²) in [5.74, 6) is 2.85. The molecule has 0 spiro atoms. The largest absolute Gasteiger partial charge is 0.494 e. The van der Waals surface area contributed by atoms with Gasteiger partial charge in [0.25, 0.3) is 0 Å². The van der Waals surface area contributed by atoms with Gasteiger partial charge >= 0.3 is 0 Å². The number of ether oxygens (including phenoxy) is 2. The second-order valence-electron chi connectivity index (χ2n) is 5.10. The van der Waals surface area contributed by atoms with Crippen LogP contribution in [0.25, 0.3) is 17.1 Å². The van der Waals surface area contributed by atoms with Gasteiger partial charge in [-0.1, -0.05) is 6.07 Å². The summed E-state index contributed by atoms with van der Waals surface area (Å²) >= 11 is 0. The van der Waals surface area contributed by atoms with E-state index in [0.717, 1.165) is 28.6 Å². The topological polar surface area (TPSA) is 62.1 Å². The fraction of sp³-hybridized carbons (Fsp3) is 0.235. The van der Waals surface area contributed by atoms with Crippen LogP contribution >= 0.6 is 0 Å². The fourth-order valence-electron chi connectivity index (χ4n) is 2.55. The van der Waals surface area contributed by atoms with Gasteiger partial charge in [-0.3, -0.25) is 9.55 Å². The normalized spacial score (nSPS) is 10.6. The van der Waals surface area contributed by atoms with Gasteiger partial charge in [-0.05, 0) is 38.1 Å². The monoisotopic (exact) mass is 310 g/mol. The molecule has 0 aliphatic rings. The van der Waals surface area contributed by atoms with Crippen molar-refractivity contribution in [1.29, 1.82) is 0 Å². The Labute approximate surface area is 134 Å². The predicted octanol–water partition coefficient (Wildman–Crippen LogP) is 2.96. The Kier molecular flexibility index (Phi) is 3.97. The van der Waals surface area contributed by atoms with Crippen molar-refractivity contribution >= 4 is 0 Å². The number of benzene rings is 1. The van der Waals surface area contributed by atoms with Crippen molar-refractivity contribution in [2.45, 2.75) is 13.8 Å². The summed E-state index contributed by atoms with van der Waals surface area (Å²) in [6.07, 6.45) is 1.76. The minimum atomic E-state index is 0.694. The Morgan fingerprint density at radius 3 is 2.26 bits per heavy atom. The SMILES string of the molecule is COc1cccc(OC)c1-n1c(C)nnc1-c1ccnc(C)c1. The van der Waals surface area contributed by atoms with Crippen molar-refractivity contribution in [3.63, 3.8) is 0 Å². The van der Waals surface area contributed by atoms with Crippen molar-refractivity contribution in [2.75, 3.05) is 14.2 Å². The zero-order chi connectivity index (χ0) is 16.4. The highest BCUT2D eigenvalue weighted by atomic mass is 16.5. The number of para-hydroxylation sites is 1. The zero-order valence-electron chi connectivity index (χ0n) is 13.6. The van der Waals surface area contributed by atoms with E-state index < -0.39 is 0 Å². The van der Waals surface area contributed by atoms with E-state index >= 15 is 0 Å². The van der Waals surface area contributed by atoms with E-state index in [4.69, 9.17) is 9.47 Å². The van der Waals surface area contributed by atoms with E-state index in [0.29, 0.717) is 11.5 Å². The number of rotatable bonds is 4. The molecule has 2 heterocycles. The first-order chi connectivity index (χ1) is 11.2. The second kappa shape index (κ2) is 6.08. The summed E-state index contributed by atoms with van der Waals surface area (Å²) < 4.78 is 13.0. The highest BCUT2D eigenvalue weighted by Crippen LogP contribution is 2.35. The van der Waals surface area contributed by atoms with Gasteiger partial charge in [0.15, 0.2) is 5.82 Å². The molecule has 0 N–H and O–H groups in total. The lowest BCUT2D eigenvalue weighted by atomic mass is 10.2. The smallest absolute Gasteiger partial charge is 0.168 e. The number of methoxy groups -OCH3 is 2. The number of nitrogens with zero attached hydrogens (tertiary/aromatic N) is 4. The summed E-state index contributed by atoms with van der Waals surface area (Å²) in [6.45, 7) is 3.84. The van der Waals surface area contributed by atoms with Crippen molar-refractivity contribution in [2.24, 2.45) is 0 Å². The zero-order valence-corrected chi connectivity index (χ0v) is 13.6. The van der Waals surface area contributed by atoms with Crippen LogP contribution in [-0.4, -0.2) is 34.0 Å². The van der Waals surface area contributed by atoms with Gasteiger partial charge in [-0.25, -0.2) is 0 Å². The van der Waals surface area contributed by atoms with Crippen LogP contribution < -0.4 is 9.47 Å². The van der Waals surface area contributed by atoms with Gasteiger partial charge in [0.1, 0.15) is 23.0 Å². The molecule has 0 radical (unpaired) electrons. The Bertz CT molecular complexity index is 820. The van der Waals surface area contributed by atoms with Gasteiger partial charge in [0, 0.05) is 17.5 Å². The van der Waals surface area contributed by atoms with Crippen LogP contribution in [0.4, 0.5) is 0 Å². The van der Waals surface area contributed by atoms with Crippen molar-refractivity contribution in [1.82, 2.24) is 19.7 Å². The van der Waals surface area contributed by atoms with E-state index in [-0.39, 0.29) is 0 Å². The summed E-state index contributed by atoms with van der Waals surface area (Å²) in [6, 6.07) is 9.55. The third-order valence-electron chi connectivity index (χ3n) is 3.61. The molecule has 0 saturated carbocycles. The van der Waals surface area contributed by atoms with Crippen LogP contribution in [0.1, 0.15) is 11.5 Å². The van der Waals surface area contributed by atoms with Crippen LogP contribution in [-0.2, 0) is 0 Å². The maximum absolute atomic E-state index is 5.51. The molecule has 0 fully saturated rings. The van der Waals surface area contributed by atoms with E-state index in [1.807, 2.05) is 48.7 Å². The van der Waals surface area contributed by atoms with Gasteiger partial charge < -0.3 is 9.47 Å². The molecule has 1 aromatic carbocycles. The lowest BCUT2D eigenvalue weighted by Gasteiger charge is -2.16. The number of hydrogen-bond donors (Lipinski definition) is 0. The van der Waals surface area contributed by atoms with Crippen LogP contribution in [0.2, 0.25) is 0 Å². The minimum absolute atomic E-state index is 0.694. The average molecular weight is 310 g/mol. The number of aromatic nitrogens is 4. The Hall–Kier alpha value is -2.89. The maximum atomic E-state index is 5.51. The highest BCUT2D eigenvalue weighted by molar-refractivity contribution is 5.65. The van der Waals surface area contributed by atoms with Gasteiger partial charge in [0.2, 0.25) is 0 Å². The molecule has 3 rings (SSSR count). The molecule has 6 nitrogen and oxygen atoms in total. The first kappa shape index (κ1) is 15.0. The van der Waals surface area contributed by atoms with Crippen LogP contribution in [0.15, 0.2) is 36.5 Å². The molecule has 0 bridgehead atoms. The summed E-state index contributed by atoms with van der Waals surface area (Å²) in [7, 11) is 3.27. The first-order valence-corrected chi connectivity index (χ1v) is 7.22. The van der Waals surface area contributed by atoms with Gasteiger partial charge in [-0.15, -0.1) is 10.2 Å². The van der Waals surface area contributed by atoms with E-state index in [1.54, 1.807) is 20.4 Å². The molecule has 118 valence electrons. The van der Waals surface area contributed by atoms with Crippen molar-refractivity contribution in [3.05, 3.63) is 48.0 Å². The number of hydrogen-bond acceptors (Lipinski definition) is 5. The summed E-state index contributed by atoms with van der Waals surface area (Å²) in [5, 5.41) is 8.56. The van der Waals surface area contributed by atoms with Crippen molar-refractivity contribution < 1.29 is 9.47 Å². The number of pyridine rings is 1. The third kappa shape index (κ3) is 2.63. The maximum Gasteiger partial charge on any atom is 0.168 e. The highest BCUT2D eigenvalue weighted by Gasteiger charge is 2.20. The Morgan fingerprint density at radius 2 is 1.65 bits per heavy atom. The molecule has 3 aromatic rings. The Morgan fingerprint density at radius 1 is 0.957 bits per heavy atom. The van der Waals surface area contributed by atoms with Crippen LogP contribution in [0.3, 0.4) is 0 Å².